The molecule has 0 bridgehead atoms. The Balaban J connectivity index is 1.20. The van der Waals surface area contributed by atoms with Crippen molar-refractivity contribution in [1.82, 2.24) is 10.6 Å². The van der Waals surface area contributed by atoms with E-state index in [4.69, 9.17) is 9.84 Å². The second kappa shape index (κ2) is 10.9. The van der Waals surface area contributed by atoms with Gasteiger partial charge in [-0.15, -0.1) is 0 Å². The van der Waals surface area contributed by atoms with Crippen molar-refractivity contribution in [3.63, 3.8) is 0 Å². The van der Waals surface area contributed by atoms with Crippen LogP contribution in [0.4, 0.5) is 4.79 Å². The highest BCUT2D eigenvalue weighted by Crippen LogP contribution is 2.44. The number of alkyl carbamates (subject to hydrolysis) is 1. The van der Waals surface area contributed by atoms with Gasteiger partial charge in [-0.25, -0.2) is 4.79 Å². The van der Waals surface area contributed by atoms with E-state index in [0.29, 0.717) is 25.5 Å². The lowest BCUT2D eigenvalue weighted by molar-refractivity contribution is -0.142. The van der Waals surface area contributed by atoms with Gasteiger partial charge in [0, 0.05) is 24.9 Å². The number of carboxylic acids is 1. The van der Waals surface area contributed by atoms with Crippen molar-refractivity contribution < 1.29 is 24.2 Å². The minimum absolute atomic E-state index is 0.0359. The SMILES string of the molecule is CC(NC(=O)CC1CCC(CNC(=O)OCC2c3ccccc3-c3ccccc32)C1)C(C)C(=O)O. The molecule has 2 aromatic rings. The average Bonchev–Trinajstić information content (AvgIpc) is 3.42. The van der Waals surface area contributed by atoms with E-state index in [1.807, 2.05) is 24.3 Å². The number of ether oxygens (including phenoxy) is 1. The van der Waals surface area contributed by atoms with Crippen molar-refractivity contribution in [2.24, 2.45) is 17.8 Å². The number of rotatable bonds is 9. The van der Waals surface area contributed by atoms with Crippen LogP contribution in [0.5, 0.6) is 0 Å². The molecule has 0 radical (unpaired) electrons. The van der Waals surface area contributed by atoms with Gasteiger partial charge in [0.2, 0.25) is 5.91 Å². The fourth-order valence-corrected chi connectivity index (χ4v) is 5.34. The Kier molecular flexibility index (Phi) is 7.73. The first-order valence-electron chi connectivity index (χ1n) is 12.4. The van der Waals surface area contributed by atoms with Crippen molar-refractivity contribution >= 4 is 18.0 Å². The molecular weight excluding hydrogens is 444 g/mol. The van der Waals surface area contributed by atoms with Gasteiger partial charge in [-0.05, 0) is 67.2 Å². The van der Waals surface area contributed by atoms with E-state index in [1.165, 1.54) is 22.3 Å². The maximum Gasteiger partial charge on any atom is 0.407 e. The van der Waals surface area contributed by atoms with Crippen molar-refractivity contribution in [3.05, 3.63) is 59.7 Å². The number of carbonyl (C=O) groups is 3. The molecule has 2 aliphatic rings. The summed E-state index contributed by atoms with van der Waals surface area (Å²) in [5, 5.41) is 14.8. The molecule has 4 unspecified atom stereocenters. The van der Waals surface area contributed by atoms with Crippen LogP contribution in [0, 0.1) is 17.8 Å². The summed E-state index contributed by atoms with van der Waals surface area (Å²) >= 11 is 0. The Hall–Kier alpha value is -3.35. The van der Waals surface area contributed by atoms with Gasteiger partial charge < -0.3 is 20.5 Å². The summed E-state index contributed by atoms with van der Waals surface area (Å²) in [4.78, 5) is 35.8. The molecule has 4 rings (SSSR count). The van der Waals surface area contributed by atoms with Crippen LogP contribution in [0.15, 0.2) is 48.5 Å². The van der Waals surface area contributed by atoms with Crippen LogP contribution < -0.4 is 10.6 Å². The van der Waals surface area contributed by atoms with Crippen LogP contribution in [0.3, 0.4) is 0 Å². The lowest BCUT2D eigenvalue weighted by Crippen LogP contribution is -2.40. The number of benzene rings is 2. The lowest BCUT2D eigenvalue weighted by atomic mass is 9.98. The van der Waals surface area contributed by atoms with Crippen LogP contribution in [0.2, 0.25) is 0 Å². The zero-order valence-electron chi connectivity index (χ0n) is 20.3. The number of hydrogen-bond acceptors (Lipinski definition) is 4. The summed E-state index contributed by atoms with van der Waals surface area (Å²) in [6.45, 7) is 4.13. The van der Waals surface area contributed by atoms with Crippen molar-refractivity contribution in [3.8, 4) is 11.1 Å². The second-order valence-electron chi connectivity index (χ2n) is 9.94. The Bertz CT molecular complexity index is 1040. The molecule has 4 atom stereocenters. The third kappa shape index (κ3) is 5.84. The molecule has 0 saturated heterocycles. The minimum Gasteiger partial charge on any atom is -0.481 e. The summed E-state index contributed by atoms with van der Waals surface area (Å²) in [5.41, 5.74) is 4.77. The van der Waals surface area contributed by atoms with E-state index in [2.05, 4.69) is 34.9 Å². The molecule has 0 heterocycles. The molecule has 1 fully saturated rings. The molecule has 35 heavy (non-hydrogen) atoms. The maximum absolute atomic E-state index is 12.4. The summed E-state index contributed by atoms with van der Waals surface area (Å²) in [6.07, 6.45) is 2.71. The molecule has 7 heteroatoms. The first-order chi connectivity index (χ1) is 16.8. The topological polar surface area (TPSA) is 105 Å². The number of amides is 2. The average molecular weight is 479 g/mol. The van der Waals surface area contributed by atoms with Gasteiger partial charge in [-0.3, -0.25) is 9.59 Å². The number of carbonyl (C=O) groups excluding carboxylic acids is 2. The standard InChI is InChI=1S/C28H34N2O5/c1-17(27(32)33)18(2)30-26(31)14-19-11-12-20(13-19)15-29-28(34)35-16-25-23-9-5-3-7-21(23)22-8-4-6-10-24(22)25/h3-10,17-20,25H,11-16H2,1-2H3,(H,29,34)(H,30,31)(H,32,33). The maximum atomic E-state index is 12.4. The number of fused-ring (bicyclic) bond motifs is 3. The third-order valence-corrected chi connectivity index (χ3v) is 7.53. The zero-order valence-corrected chi connectivity index (χ0v) is 20.3. The van der Waals surface area contributed by atoms with E-state index in [1.54, 1.807) is 13.8 Å². The molecule has 186 valence electrons. The normalized spacial score (nSPS) is 20.4. The van der Waals surface area contributed by atoms with Crippen molar-refractivity contribution in [2.45, 2.75) is 51.5 Å². The molecule has 2 aliphatic carbocycles. The fourth-order valence-electron chi connectivity index (χ4n) is 5.34. The first kappa shape index (κ1) is 24.8. The molecule has 2 amide bonds. The van der Waals surface area contributed by atoms with Crippen LogP contribution in [0.25, 0.3) is 11.1 Å². The van der Waals surface area contributed by atoms with E-state index < -0.39 is 24.0 Å². The van der Waals surface area contributed by atoms with E-state index in [9.17, 15) is 14.4 Å². The third-order valence-electron chi connectivity index (χ3n) is 7.53. The van der Waals surface area contributed by atoms with Gasteiger partial charge in [0.15, 0.2) is 0 Å². The van der Waals surface area contributed by atoms with Crippen LogP contribution in [0.1, 0.15) is 56.6 Å². The highest BCUT2D eigenvalue weighted by molar-refractivity contribution is 5.79. The van der Waals surface area contributed by atoms with E-state index in [0.717, 1.165) is 19.3 Å². The van der Waals surface area contributed by atoms with Gasteiger partial charge >= 0.3 is 12.1 Å². The summed E-state index contributed by atoms with van der Waals surface area (Å²) < 4.78 is 5.61. The molecule has 0 aromatic heterocycles. The van der Waals surface area contributed by atoms with Gasteiger partial charge in [-0.1, -0.05) is 48.5 Å². The van der Waals surface area contributed by atoms with Gasteiger partial charge in [0.25, 0.3) is 0 Å². The van der Waals surface area contributed by atoms with Crippen LogP contribution >= 0.6 is 0 Å². The number of nitrogens with one attached hydrogen (secondary N) is 2. The summed E-state index contributed by atoms with van der Waals surface area (Å²) in [6, 6.07) is 16.1. The van der Waals surface area contributed by atoms with E-state index in [-0.39, 0.29) is 17.7 Å². The highest BCUT2D eigenvalue weighted by Gasteiger charge is 2.30. The monoisotopic (exact) mass is 478 g/mol. The predicted octanol–water partition coefficient (Wildman–Crippen LogP) is 4.56. The molecule has 3 N–H and O–H groups in total. The minimum atomic E-state index is -0.918. The van der Waals surface area contributed by atoms with Crippen LogP contribution in [-0.2, 0) is 14.3 Å². The number of aliphatic carboxylic acids is 1. The molecule has 2 aromatic carbocycles. The highest BCUT2D eigenvalue weighted by atomic mass is 16.5. The molecule has 0 aliphatic heterocycles. The Morgan fingerprint density at radius 1 is 0.971 bits per heavy atom. The van der Waals surface area contributed by atoms with Crippen molar-refractivity contribution in [1.29, 1.82) is 0 Å². The number of carboxylic acid groups (broad SMARTS) is 1. The van der Waals surface area contributed by atoms with Gasteiger partial charge in [0.05, 0.1) is 5.92 Å². The lowest BCUT2D eigenvalue weighted by Gasteiger charge is -2.19. The second-order valence-corrected chi connectivity index (χ2v) is 9.94. The Morgan fingerprint density at radius 2 is 1.57 bits per heavy atom. The molecule has 0 spiro atoms. The van der Waals surface area contributed by atoms with Gasteiger partial charge in [0.1, 0.15) is 6.61 Å². The summed E-state index contributed by atoms with van der Waals surface area (Å²) in [5.74, 6) is -1.07. The molecule has 1 saturated carbocycles. The Labute approximate surface area is 206 Å². The Morgan fingerprint density at radius 3 is 2.20 bits per heavy atom. The molecule has 7 nitrogen and oxygen atoms in total. The largest absolute Gasteiger partial charge is 0.481 e. The van der Waals surface area contributed by atoms with Crippen LogP contribution in [-0.4, -0.2) is 42.3 Å². The number of hydrogen-bond donors (Lipinski definition) is 3. The fraction of sp³-hybridized carbons (Fsp3) is 0.464. The van der Waals surface area contributed by atoms with Gasteiger partial charge in [-0.2, -0.15) is 0 Å². The van der Waals surface area contributed by atoms with E-state index >= 15 is 0 Å². The zero-order chi connectivity index (χ0) is 24.9. The predicted molar refractivity (Wildman–Crippen MR) is 133 cm³/mol. The smallest absolute Gasteiger partial charge is 0.407 e. The first-order valence-corrected chi connectivity index (χ1v) is 12.4. The quantitative estimate of drug-likeness (QED) is 0.490. The molecular formula is C28H34N2O5. The summed E-state index contributed by atoms with van der Waals surface area (Å²) in [7, 11) is 0. The van der Waals surface area contributed by atoms with Crippen molar-refractivity contribution in [2.75, 3.05) is 13.2 Å².